The fourth-order valence-electron chi connectivity index (χ4n) is 1.94. The van der Waals surface area contributed by atoms with E-state index in [2.05, 4.69) is 10.2 Å². The molecule has 0 aromatic heterocycles. The zero-order valence-electron chi connectivity index (χ0n) is 14.2. The maximum Gasteiger partial charge on any atom is 0.306 e. The molecule has 5 nitrogen and oxygen atoms in total. The summed E-state index contributed by atoms with van der Waals surface area (Å²) in [5.74, 6) is 0.245. The molecule has 2 rings (SSSR count). The monoisotopic (exact) mass is 378 g/mol. The summed E-state index contributed by atoms with van der Waals surface area (Å²) in [4.78, 5) is 0. The van der Waals surface area contributed by atoms with Gasteiger partial charge in [-0.2, -0.15) is 13.5 Å². The minimum absolute atomic E-state index is 0.245. The zero-order chi connectivity index (χ0) is 18.4. The number of nitrogens with zero attached hydrogens (tertiary/aromatic N) is 2. The summed E-state index contributed by atoms with van der Waals surface area (Å²) in [6.07, 6.45) is 1.81. The van der Waals surface area contributed by atoms with E-state index in [1.807, 2.05) is 26.0 Å². The van der Waals surface area contributed by atoms with Crippen molar-refractivity contribution in [2.24, 2.45) is 10.2 Å². The number of halogens is 1. The van der Waals surface area contributed by atoms with Crippen LogP contribution in [-0.2, 0) is 10.1 Å². The predicted octanol–water partition coefficient (Wildman–Crippen LogP) is 4.30. The lowest BCUT2D eigenvalue weighted by molar-refractivity contribution is 0.493. The Bertz CT molecular complexity index is 887. The first-order valence-electron chi connectivity index (χ1n) is 7.65. The minimum Gasteiger partial charge on any atom is -0.383 e. The number of hydrogen-bond acceptors (Lipinski definition) is 5. The average molecular weight is 379 g/mol. The van der Waals surface area contributed by atoms with Crippen LogP contribution < -0.4 is 4.18 Å². The molecule has 0 fully saturated rings. The van der Waals surface area contributed by atoms with Gasteiger partial charge in [-0.05, 0) is 49.7 Å². The first-order chi connectivity index (χ1) is 11.8. The Hall–Kier alpha value is -2.18. The van der Waals surface area contributed by atoms with E-state index in [1.54, 1.807) is 36.4 Å². The van der Waals surface area contributed by atoms with Gasteiger partial charge in [0.15, 0.2) is 0 Å². The van der Waals surface area contributed by atoms with Crippen LogP contribution in [0.1, 0.15) is 31.4 Å². The second kappa shape index (κ2) is 8.27. The molecular formula is C18H19ClN2O3S. The van der Waals surface area contributed by atoms with Crippen molar-refractivity contribution in [2.45, 2.75) is 20.3 Å². The van der Waals surface area contributed by atoms with Crippen LogP contribution in [0.15, 0.2) is 58.7 Å². The first-order valence-corrected chi connectivity index (χ1v) is 9.85. The number of benzene rings is 2. The van der Waals surface area contributed by atoms with Crippen molar-refractivity contribution in [1.29, 1.82) is 0 Å². The topological polar surface area (TPSA) is 68.1 Å². The van der Waals surface area contributed by atoms with E-state index in [4.69, 9.17) is 15.8 Å². The molecule has 2 aromatic carbocycles. The van der Waals surface area contributed by atoms with Gasteiger partial charge in [0.1, 0.15) is 11.5 Å². The highest BCUT2D eigenvalue weighted by atomic mass is 35.5. The molecule has 0 heterocycles. The second-order valence-corrected chi connectivity index (χ2v) is 7.47. The van der Waals surface area contributed by atoms with Crippen LogP contribution in [0.5, 0.6) is 5.75 Å². The molecule has 7 heteroatoms. The van der Waals surface area contributed by atoms with Gasteiger partial charge in [-0.3, -0.25) is 0 Å². The van der Waals surface area contributed by atoms with Gasteiger partial charge in [0.2, 0.25) is 0 Å². The van der Waals surface area contributed by atoms with E-state index < -0.39 is 10.1 Å². The van der Waals surface area contributed by atoms with Crippen molar-refractivity contribution in [3.8, 4) is 5.75 Å². The molecule has 0 aliphatic heterocycles. The van der Waals surface area contributed by atoms with Crippen molar-refractivity contribution < 1.29 is 12.6 Å². The summed E-state index contributed by atoms with van der Waals surface area (Å²) in [6.45, 7) is 3.92. The Labute approximate surface area is 153 Å². The molecule has 0 saturated carbocycles. The summed E-state index contributed by atoms with van der Waals surface area (Å²) < 4.78 is 27.3. The van der Waals surface area contributed by atoms with Crippen molar-refractivity contribution in [3.05, 3.63) is 64.7 Å². The first kappa shape index (κ1) is 19.1. The highest BCUT2D eigenvalue weighted by Crippen LogP contribution is 2.19. The SMILES string of the molecule is CCC(C)=NN=C(c1ccc(Cl)cc1)c1ccc(OS(C)(=O)=O)cc1. The van der Waals surface area contributed by atoms with Crippen molar-refractivity contribution in [1.82, 2.24) is 0 Å². The summed E-state index contributed by atoms with van der Waals surface area (Å²) in [5, 5.41) is 9.25. The van der Waals surface area contributed by atoms with E-state index in [9.17, 15) is 8.42 Å². The molecule has 0 aliphatic rings. The summed E-state index contributed by atoms with van der Waals surface area (Å²) >= 11 is 5.95. The van der Waals surface area contributed by atoms with E-state index >= 15 is 0 Å². The van der Waals surface area contributed by atoms with Gasteiger partial charge in [0, 0.05) is 21.9 Å². The molecule has 0 radical (unpaired) electrons. The second-order valence-electron chi connectivity index (χ2n) is 5.46. The molecular weight excluding hydrogens is 360 g/mol. The van der Waals surface area contributed by atoms with Crippen molar-refractivity contribution in [2.75, 3.05) is 6.26 Å². The molecule has 132 valence electrons. The van der Waals surface area contributed by atoms with E-state index in [-0.39, 0.29) is 5.75 Å². The van der Waals surface area contributed by atoms with E-state index in [0.29, 0.717) is 10.7 Å². The Morgan fingerprint density at radius 2 is 1.52 bits per heavy atom. The Balaban J connectivity index is 2.43. The van der Waals surface area contributed by atoms with Gasteiger partial charge in [0.25, 0.3) is 0 Å². The fraction of sp³-hybridized carbons (Fsp3) is 0.222. The number of rotatable bonds is 6. The van der Waals surface area contributed by atoms with Gasteiger partial charge >= 0.3 is 10.1 Å². The van der Waals surface area contributed by atoms with Gasteiger partial charge in [-0.25, -0.2) is 0 Å². The lowest BCUT2D eigenvalue weighted by Gasteiger charge is -2.08. The molecule has 0 amide bonds. The molecule has 0 aliphatic carbocycles. The summed E-state index contributed by atoms with van der Waals surface area (Å²) in [6, 6.07) is 13.9. The van der Waals surface area contributed by atoms with Crippen LogP contribution in [0.25, 0.3) is 0 Å². The van der Waals surface area contributed by atoms with Crippen molar-refractivity contribution in [3.63, 3.8) is 0 Å². The van der Waals surface area contributed by atoms with Crippen LogP contribution in [0.2, 0.25) is 5.02 Å². The maximum atomic E-state index is 11.2. The minimum atomic E-state index is -3.56. The molecule has 0 N–H and O–H groups in total. The van der Waals surface area contributed by atoms with Crippen LogP contribution in [0.3, 0.4) is 0 Å². The van der Waals surface area contributed by atoms with Gasteiger partial charge < -0.3 is 4.18 Å². The third-order valence-corrected chi connectivity index (χ3v) is 4.07. The zero-order valence-corrected chi connectivity index (χ0v) is 15.8. The van der Waals surface area contributed by atoms with Crippen LogP contribution in [-0.4, -0.2) is 26.1 Å². The highest BCUT2D eigenvalue weighted by Gasteiger charge is 2.10. The molecule has 0 unspecified atom stereocenters. The third-order valence-electron chi connectivity index (χ3n) is 3.33. The largest absolute Gasteiger partial charge is 0.383 e. The maximum absolute atomic E-state index is 11.2. The molecule has 2 aromatic rings. The smallest absolute Gasteiger partial charge is 0.306 e. The third kappa shape index (κ3) is 5.99. The van der Waals surface area contributed by atoms with Gasteiger partial charge in [-0.15, -0.1) is 5.10 Å². The fourth-order valence-corrected chi connectivity index (χ4v) is 2.53. The lowest BCUT2D eigenvalue weighted by atomic mass is 10.0. The Morgan fingerprint density at radius 3 is 2.00 bits per heavy atom. The van der Waals surface area contributed by atoms with Gasteiger partial charge in [-0.1, -0.05) is 30.7 Å². The van der Waals surface area contributed by atoms with E-state index in [1.165, 1.54) is 0 Å². The average Bonchev–Trinajstić information content (AvgIpc) is 2.56. The molecule has 0 saturated heterocycles. The van der Waals surface area contributed by atoms with Crippen LogP contribution in [0.4, 0.5) is 0 Å². The molecule has 0 bridgehead atoms. The quantitative estimate of drug-likeness (QED) is 0.427. The normalized spacial score (nSPS) is 13.0. The van der Waals surface area contributed by atoms with Crippen molar-refractivity contribution >= 4 is 33.1 Å². The van der Waals surface area contributed by atoms with Crippen LogP contribution in [0, 0.1) is 0 Å². The molecule has 0 spiro atoms. The standard InChI is InChI=1S/C18H19ClN2O3S/c1-4-13(2)20-21-18(14-5-9-16(19)10-6-14)15-7-11-17(12-8-15)24-25(3,22)23/h5-12H,4H2,1-3H3. The van der Waals surface area contributed by atoms with E-state index in [0.717, 1.165) is 29.5 Å². The predicted molar refractivity (Wildman–Crippen MR) is 102 cm³/mol. The number of hydrogen-bond donors (Lipinski definition) is 0. The molecule has 0 atom stereocenters. The highest BCUT2D eigenvalue weighted by molar-refractivity contribution is 7.86. The molecule has 25 heavy (non-hydrogen) atoms. The Morgan fingerprint density at radius 1 is 1.00 bits per heavy atom. The Kier molecular flexibility index (Phi) is 6.33. The summed E-state index contributed by atoms with van der Waals surface area (Å²) in [7, 11) is -3.56. The van der Waals surface area contributed by atoms with Gasteiger partial charge in [0.05, 0.1) is 6.26 Å². The lowest BCUT2D eigenvalue weighted by Crippen LogP contribution is -2.07. The summed E-state index contributed by atoms with van der Waals surface area (Å²) in [5.41, 5.74) is 3.21. The van der Waals surface area contributed by atoms with Crippen LogP contribution >= 0.6 is 11.6 Å².